The number of amides is 1. The van der Waals surface area contributed by atoms with Gasteiger partial charge >= 0.3 is 0 Å². The first-order valence-electron chi connectivity index (χ1n) is 10.9. The summed E-state index contributed by atoms with van der Waals surface area (Å²) in [4.78, 5) is 19.4. The van der Waals surface area contributed by atoms with Gasteiger partial charge in [-0.05, 0) is 50.1 Å². The van der Waals surface area contributed by atoms with Gasteiger partial charge in [-0.2, -0.15) is 5.10 Å². The molecule has 7 nitrogen and oxygen atoms in total. The zero-order valence-corrected chi connectivity index (χ0v) is 18.5. The molecule has 0 saturated heterocycles. The van der Waals surface area contributed by atoms with Crippen molar-refractivity contribution in [2.24, 2.45) is 0 Å². The summed E-state index contributed by atoms with van der Waals surface area (Å²) in [5.74, 6) is 1.54. The fourth-order valence-electron chi connectivity index (χ4n) is 4.32. The lowest BCUT2D eigenvalue weighted by Crippen LogP contribution is -2.41. The van der Waals surface area contributed by atoms with Gasteiger partial charge in [-0.15, -0.1) is 0 Å². The predicted octanol–water partition coefficient (Wildman–Crippen LogP) is 3.73. The lowest BCUT2D eigenvalue weighted by atomic mass is 10.1. The maximum atomic E-state index is 12.8. The van der Waals surface area contributed by atoms with E-state index in [1.165, 1.54) is 0 Å². The Balaban J connectivity index is 1.27. The zero-order chi connectivity index (χ0) is 22.2. The molecule has 32 heavy (non-hydrogen) atoms. The van der Waals surface area contributed by atoms with Crippen LogP contribution in [0.3, 0.4) is 0 Å². The largest absolute Gasteiger partial charge is 0.486 e. The summed E-state index contributed by atoms with van der Waals surface area (Å²) >= 11 is 0. The Morgan fingerprint density at radius 2 is 1.88 bits per heavy atom. The van der Waals surface area contributed by atoms with Crippen LogP contribution in [0.1, 0.15) is 23.4 Å². The van der Waals surface area contributed by atoms with Crippen LogP contribution in [0.4, 0.5) is 0 Å². The fraction of sp³-hybridized carbons (Fsp3) is 0.320. The van der Waals surface area contributed by atoms with E-state index in [1.807, 2.05) is 73.9 Å². The molecule has 0 fully saturated rings. The van der Waals surface area contributed by atoms with E-state index in [1.54, 1.807) is 4.90 Å². The molecule has 0 spiro atoms. The van der Waals surface area contributed by atoms with E-state index in [9.17, 15) is 4.79 Å². The molecule has 2 aromatic carbocycles. The molecule has 0 bridgehead atoms. The Kier molecular flexibility index (Phi) is 5.17. The van der Waals surface area contributed by atoms with Crippen LogP contribution in [0.25, 0.3) is 16.6 Å². The molecule has 5 rings (SSSR count). The Bertz CT molecular complexity index is 1310. The molecule has 0 radical (unpaired) electrons. The Hall–Kier alpha value is -3.61. The minimum absolute atomic E-state index is 0.0666. The first kappa shape index (κ1) is 20.3. The molecule has 2 aromatic heterocycles. The number of carbonyl (C=O) groups is 1. The molecule has 0 saturated carbocycles. The highest BCUT2D eigenvalue weighted by Crippen LogP contribution is 2.31. The topological polar surface area (TPSA) is 69.0 Å². The van der Waals surface area contributed by atoms with Crippen molar-refractivity contribution in [3.05, 3.63) is 65.5 Å². The first-order chi connectivity index (χ1) is 15.5. The van der Waals surface area contributed by atoms with Crippen molar-refractivity contribution in [3.8, 4) is 11.5 Å². The van der Waals surface area contributed by atoms with Crippen molar-refractivity contribution in [1.82, 2.24) is 19.5 Å². The van der Waals surface area contributed by atoms with Gasteiger partial charge in [0.25, 0.3) is 0 Å². The second-order valence-electron chi connectivity index (χ2n) is 8.29. The SMILES string of the molecule is Cc1nc2c3ccccc3nn2c(C)c1CCC(=O)N(C)CC1COc2ccccc2O1. The van der Waals surface area contributed by atoms with E-state index in [4.69, 9.17) is 19.6 Å². The second kappa shape index (κ2) is 8.15. The van der Waals surface area contributed by atoms with Crippen molar-refractivity contribution in [2.75, 3.05) is 20.2 Å². The van der Waals surface area contributed by atoms with Gasteiger partial charge in [0, 0.05) is 30.2 Å². The van der Waals surface area contributed by atoms with Gasteiger partial charge in [-0.25, -0.2) is 9.50 Å². The highest BCUT2D eigenvalue weighted by atomic mass is 16.6. The average molecular weight is 431 g/mol. The molecule has 0 aliphatic carbocycles. The maximum Gasteiger partial charge on any atom is 0.222 e. The molecule has 1 amide bonds. The van der Waals surface area contributed by atoms with E-state index in [2.05, 4.69) is 0 Å². The number of hydrogen-bond donors (Lipinski definition) is 0. The monoisotopic (exact) mass is 430 g/mol. The number of nitrogens with zero attached hydrogens (tertiary/aromatic N) is 4. The van der Waals surface area contributed by atoms with Crippen molar-refractivity contribution in [3.63, 3.8) is 0 Å². The van der Waals surface area contributed by atoms with Gasteiger partial charge in [0.15, 0.2) is 23.3 Å². The number of carbonyl (C=O) groups excluding carboxylic acids is 1. The molecule has 1 aliphatic rings. The number of aromatic nitrogens is 3. The molecular formula is C25H26N4O3. The van der Waals surface area contributed by atoms with Crippen LogP contribution in [0.2, 0.25) is 0 Å². The quantitative estimate of drug-likeness (QED) is 0.483. The molecule has 164 valence electrons. The normalized spacial score (nSPS) is 15.3. The van der Waals surface area contributed by atoms with Crippen LogP contribution >= 0.6 is 0 Å². The third kappa shape index (κ3) is 3.64. The van der Waals surface area contributed by atoms with Gasteiger partial charge in [0.1, 0.15) is 6.61 Å². The highest BCUT2D eigenvalue weighted by molar-refractivity contribution is 5.92. The van der Waals surface area contributed by atoms with Crippen LogP contribution in [-0.4, -0.2) is 51.7 Å². The minimum atomic E-state index is -0.183. The lowest BCUT2D eigenvalue weighted by molar-refractivity contribution is -0.131. The van der Waals surface area contributed by atoms with E-state index in [0.29, 0.717) is 26.0 Å². The molecule has 3 heterocycles. The lowest BCUT2D eigenvalue weighted by Gasteiger charge is -2.29. The maximum absolute atomic E-state index is 12.8. The van der Waals surface area contributed by atoms with Crippen molar-refractivity contribution < 1.29 is 14.3 Å². The van der Waals surface area contributed by atoms with E-state index >= 15 is 0 Å². The zero-order valence-electron chi connectivity index (χ0n) is 18.5. The summed E-state index contributed by atoms with van der Waals surface area (Å²) in [5, 5.41) is 5.74. The minimum Gasteiger partial charge on any atom is -0.486 e. The van der Waals surface area contributed by atoms with E-state index < -0.39 is 0 Å². The van der Waals surface area contributed by atoms with Gasteiger partial charge < -0.3 is 14.4 Å². The predicted molar refractivity (Wildman–Crippen MR) is 122 cm³/mol. The molecular weight excluding hydrogens is 404 g/mol. The third-order valence-electron chi connectivity index (χ3n) is 6.08. The third-order valence-corrected chi connectivity index (χ3v) is 6.08. The number of ether oxygens (including phenoxy) is 2. The van der Waals surface area contributed by atoms with Crippen LogP contribution in [0, 0.1) is 13.8 Å². The summed E-state index contributed by atoms with van der Waals surface area (Å²) in [6.07, 6.45) is 0.832. The molecule has 1 atom stereocenters. The van der Waals surface area contributed by atoms with Crippen LogP contribution in [-0.2, 0) is 11.2 Å². The highest BCUT2D eigenvalue weighted by Gasteiger charge is 2.24. The number of rotatable bonds is 5. The van der Waals surface area contributed by atoms with Gasteiger partial charge in [0.05, 0.1) is 12.1 Å². The molecule has 1 unspecified atom stereocenters. The standard InChI is InChI=1S/C25H26N4O3/c1-16-19(17(2)29-25(26-16)20-8-4-5-9-21(20)27-29)12-13-24(30)28(3)14-18-15-31-22-10-6-7-11-23(22)32-18/h4-11,18H,12-15H2,1-3H3. The number of para-hydroxylation sites is 2. The first-order valence-corrected chi connectivity index (χ1v) is 10.9. The summed E-state index contributed by atoms with van der Waals surface area (Å²) < 4.78 is 13.6. The smallest absolute Gasteiger partial charge is 0.222 e. The summed E-state index contributed by atoms with van der Waals surface area (Å²) in [5.41, 5.74) is 4.82. The van der Waals surface area contributed by atoms with E-state index in [0.717, 1.165) is 45.0 Å². The number of benzene rings is 2. The number of hydrogen-bond acceptors (Lipinski definition) is 5. The van der Waals surface area contributed by atoms with Crippen molar-refractivity contribution in [2.45, 2.75) is 32.8 Å². The van der Waals surface area contributed by atoms with Crippen molar-refractivity contribution >= 4 is 22.5 Å². The summed E-state index contributed by atoms with van der Waals surface area (Å²) in [6, 6.07) is 15.6. The number of aryl methyl sites for hydroxylation is 2. The van der Waals surface area contributed by atoms with Gasteiger partial charge in [-0.3, -0.25) is 4.79 Å². The fourth-order valence-corrected chi connectivity index (χ4v) is 4.32. The molecule has 7 heteroatoms. The second-order valence-corrected chi connectivity index (χ2v) is 8.29. The molecule has 0 N–H and O–H groups in total. The van der Waals surface area contributed by atoms with Crippen LogP contribution in [0.5, 0.6) is 11.5 Å². The summed E-state index contributed by atoms with van der Waals surface area (Å²) in [6.45, 7) is 4.96. The molecule has 1 aliphatic heterocycles. The van der Waals surface area contributed by atoms with E-state index in [-0.39, 0.29) is 12.0 Å². The van der Waals surface area contributed by atoms with Crippen LogP contribution in [0.15, 0.2) is 48.5 Å². The van der Waals surface area contributed by atoms with Crippen molar-refractivity contribution in [1.29, 1.82) is 0 Å². The number of fused-ring (bicyclic) bond motifs is 4. The Morgan fingerprint density at radius 1 is 1.12 bits per heavy atom. The summed E-state index contributed by atoms with van der Waals surface area (Å²) in [7, 11) is 1.81. The van der Waals surface area contributed by atoms with Crippen LogP contribution < -0.4 is 9.47 Å². The average Bonchev–Trinajstić information content (AvgIpc) is 3.17. The molecule has 4 aromatic rings. The van der Waals surface area contributed by atoms with Gasteiger partial charge in [0.2, 0.25) is 5.91 Å². The number of likely N-dealkylation sites (N-methyl/N-ethyl adjacent to an activating group) is 1. The Labute approximate surface area is 186 Å². The Morgan fingerprint density at radius 3 is 2.72 bits per heavy atom. The van der Waals surface area contributed by atoms with Gasteiger partial charge in [-0.1, -0.05) is 24.3 Å².